The lowest BCUT2D eigenvalue weighted by Crippen LogP contribution is -1.91. The number of rotatable bonds is 3. The molecule has 0 saturated heterocycles. The van der Waals surface area contributed by atoms with E-state index in [9.17, 15) is 4.39 Å². The molecule has 0 spiro atoms. The molecule has 0 amide bonds. The summed E-state index contributed by atoms with van der Waals surface area (Å²) in [7, 11) is 0. The zero-order valence-corrected chi connectivity index (χ0v) is 9.00. The lowest BCUT2D eigenvalue weighted by molar-refractivity contribution is 0.623. The minimum absolute atomic E-state index is 0.0636. The van der Waals surface area contributed by atoms with Gasteiger partial charge in [-0.05, 0) is 24.1 Å². The molecule has 0 aliphatic rings. The van der Waals surface area contributed by atoms with Crippen LogP contribution in [0.25, 0.3) is 5.57 Å². The Bertz CT molecular complexity index is 507. The predicted molar refractivity (Wildman–Crippen MR) is 63.4 cm³/mol. The average Bonchev–Trinajstić information content (AvgIpc) is 2.25. The standard InChI is InChI=1S/C13H11FN2/c1-9-4-5-12(13(14)6-9)10(2)8-16-11(3)7-15/h4-6,8H,2-3H2,1H3/b16-8+. The maximum atomic E-state index is 13.5. The van der Waals surface area contributed by atoms with E-state index in [1.54, 1.807) is 25.1 Å². The van der Waals surface area contributed by atoms with Crippen molar-refractivity contribution in [1.29, 1.82) is 5.26 Å². The number of aryl methyl sites for hydroxylation is 1. The van der Waals surface area contributed by atoms with Gasteiger partial charge in [0.15, 0.2) is 0 Å². The number of allylic oxidation sites excluding steroid dienone is 2. The molecule has 0 aliphatic heterocycles. The molecule has 1 aromatic carbocycles. The van der Waals surface area contributed by atoms with Crippen molar-refractivity contribution in [3.63, 3.8) is 0 Å². The molecule has 0 heterocycles. The molecule has 1 rings (SSSR count). The van der Waals surface area contributed by atoms with Gasteiger partial charge in [0.05, 0.1) is 0 Å². The highest BCUT2D eigenvalue weighted by Gasteiger charge is 2.04. The van der Waals surface area contributed by atoms with Crippen LogP contribution in [-0.4, -0.2) is 6.21 Å². The van der Waals surface area contributed by atoms with Crippen LogP contribution < -0.4 is 0 Å². The highest BCUT2D eigenvalue weighted by molar-refractivity contribution is 6.09. The van der Waals surface area contributed by atoms with Gasteiger partial charge in [-0.2, -0.15) is 5.26 Å². The molecule has 0 saturated carbocycles. The molecule has 1 aromatic rings. The molecular formula is C13H11FN2. The van der Waals surface area contributed by atoms with E-state index in [-0.39, 0.29) is 11.5 Å². The Morgan fingerprint density at radius 2 is 2.19 bits per heavy atom. The van der Waals surface area contributed by atoms with Crippen LogP contribution in [0.4, 0.5) is 4.39 Å². The maximum Gasteiger partial charge on any atom is 0.133 e. The summed E-state index contributed by atoms with van der Waals surface area (Å²) in [6.07, 6.45) is 1.33. The fourth-order valence-electron chi connectivity index (χ4n) is 1.13. The SMILES string of the molecule is C=C(C#N)/N=C/C(=C)c1ccc(C)cc1F. The number of nitriles is 1. The zero-order valence-electron chi connectivity index (χ0n) is 9.00. The van der Waals surface area contributed by atoms with E-state index >= 15 is 0 Å². The Hall–Kier alpha value is -2.21. The summed E-state index contributed by atoms with van der Waals surface area (Å²) >= 11 is 0. The predicted octanol–water partition coefficient (Wildman–Crippen LogP) is 3.26. The number of nitrogens with zero attached hydrogens (tertiary/aromatic N) is 2. The van der Waals surface area contributed by atoms with Gasteiger partial charge < -0.3 is 0 Å². The van der Waals surface area contributed by atoms with Crippen LogP contribution in [-0.2, 0) is 0 Å². The van der Waals surface area contributed by atoms with Crippen molar-refractivity contribution in [2.24, 2.45) is 4.99 Å². The molecule has 0 aromatic heterocycles. The van der Waals surface area contributed by atoms with Gasteiger partial charge in [-0.1, -0.05) is 25.3 Å². The van der Waals surface area contributed by atoms with Gasteiger partial charge in [0, 0.05) is 11.8 Å². The number of halogens is 1. The molecule has 0 bridgehead atoms. The normalized spacial score (nSPS) is 10.1. The number of hydrogen-bond acceptors (Lipinski definition) is 2. The molecule has 16 heavy (non-hydrogen) atoms. The van der Waals surface area contributed by atoms with Crippen molar-refractivity contribution in [1.82, 2.24) is 0 Å². The molecule has 3 heteroatoms. The highest BCUT2D eigenvalue weighted by atomic mass is 19.1. The lowest BCUT2D eigenvalue weighted by atomic mass is 10.1. The van der Waals surface area contributed by atoms with Crippen molar-refractivity contribution in [2.75, 3.05) is 0 Å². The minimum atomic E-state index is -0.348. The maximum absolute atomic E-state index is 13.5. The first kappa shape index (κ1) is 11.9. The zero-order chi connectivity index (χ0) is 12.1. The summed E-state index contributed by atoms with van der Waals surface area (Å²) in [5.41, 5.74) is 1.69. The van der Waals surface area contributed by atoms with Crippen molar-refractivity contribution in [3.8, 4) is 6.07 Å². The Morgan fingerprint density at radius 3 is 2.75 bits per heavy atom. The lowest BCUT2D eigenvalue weighted by Gasteiger charge is -2.02. The van der Waals surface area contributed by atoms with Gasteiger partial charge in [0.25, 0.3) is 0 Å². The first-order valence-corrected chi connectivity index (χ1v) is 4.63. The smallest absolute Gasteiger partial charge is 0.133 e. The van der Waals surface area contributed by atoms with Crippen molar-refractivity contribution in [3.05, 3.63) is 54.0 Å². The highest BCUT2D eigenvalue weighted by Crippen LogP contribution is 2.16. The van der Waals surface area contributed by atoms with Crippen LogP contribution in [0.5, 0.6) is 0 Å². The molecule has 0 N–H and O–H groups in total. The minimum Gasteiger partial charge on any atom is -0.246 e. The summed E-state index contributed by atoms with van der Waals surface area (Å²) < 4.78 is 13.5. The molecular weight excluding hydrogens is 203 g/mol. The first-order valence-electron chi connectivity index (χ1n) is 4.63. The molecule has 0 fully saturated rings. The topological polar surface area (TPSA) is 36.1 Å². The van der Waals surface area contributed by atoms with E-state index in [4.69, 9.17) is 5.26 Å². The Labute approximate surface area is 94.1 Å². The molecule has 0 radical (unpaired) electrons. The summed E-state index contributed by atoms with van der Waals surface area (Å²) in [4.78, 5) is 3.74. The van der Waals surface area contributed by atoms with Crippen molar-refractivity contribution >= 4 is 11.8 Å². The number of hydrogen-bond donors (Lipinski definition) is 0. The third kappa shape index (κ3) is 2.89. The summed E-state index contributed by atoms with van der Waals surface area (Å²) in [6.45, 7) is 8.87. The van der Waals surface area contributed by atoms with Gasteiger partial charge in [-0.25, -0.2) is 9.38 Å². The van der Waals surface area contributed by atoms with Crippen LogP contribution in [0.2, 0.25) is 0 Å². The second-order valence-electron chi connectivity index (χ2n) is 3.33. The number of benzene rings is 1. The van der Waals surface area contributed by atoms with Gasteiger partial charge >= 0.3 is 0 Å². The number of aliphatic imine (C=N–C) groups is 1. The quantitative estimate of drug-likeness (QED) is 0.562. The fourth-order valence-corrected chi connectivity index (χ4v) is 1.13. The van der Waals surface area contributed by atoms with E-state index in [1.807, 2.05) is 0 Å². The van der Waals surface area contributed by atoms with Crippen LogP contribution in [0.3, 0.4) is 0 Å². The largest absolute Gasteiger partial charge is 0.246 e. The Morgan fingerprint density at radius 1 is 1.50 bits per heavy atom. The third-order valence-corrected chi connectivity index (χ3v) is 1.98. The second-order valence-corrected chi connectivity index (χ2v) is 3.33. The van der Waals surface area contributed by atoms with Gasteiger partial charge in [0.2, 0.25) is 0 Å². The second kappa shape index (κ2) is 5.04. The fraction of sp³-hybridized carbons (Fsp3) is 0.0769. The van der Waals surface area contributed by atoms with E-state index in [2.05, 4.69) is 18.2 Å². The van der Waals surface area contributed by atoms with Crippen molar-refractivity contribution < 1.29 is 4.39 Å². The molecule has 80 valence electrons. The molecule has 0 atom stereocenters. The summed E-state index contributed by atoms with van der Waals surface area (Å²) in [6, 6.07) is 6.61. The monoisotopic (exact) mass is 214 g/mol. The van der Waals surface area contributed by atoms with E-state index in [0.29, 0.717) is 11.1 Å². The van der Waals surface area contributed by atoms with Gasteiger partial charge in [0.1, 0.15) is 17.6 Å². The third-order valence-electron chi connectivity index (χ3n) is 1.98. The average molecular weight is 214 g/mol. The summed E-state index contributed by atoms with van der Waals surface area (Å²) in [5, 5.41) is 8.44. The van der Waals surface area contributed by atoms with Crippen LogP contribution in [0.1, 0.15) is 11.1 Å². The Kier molecular flexibility index (Phi) is 3.73. The summed E-state index contributed by atoms with van der Waals surface area (Å²) in [5.74, 6) is -0.348. The van der Waals surface area contributed by atoms with Crippen molar-refractivity contribution in [2.45, 2.75) is 6.92 Å². The van der Waals surface area contributed by atoms with Crippen LogP contribution in [0.15, 0.2) is 42.0 Å². The van der Waals surface area contributed by atoms with E-state index in [1.165, 1.54) is 12.3 Å². The van der Waals surface area contributed by atoms with Gasteiger partial charge in [-0.3, -0.25) is 0 Å². The molecule has 2 nitrogen and oxygen atoms in total. The van der Waals surface area contributed by atoms with Crippen LogP contribution >= 0.6 is 0 Å². The molecule has 0 aliphatic carbocycles. The van der Waals surface area contributed by atoms with Gasteiger partial charge in [-0.15, -0.1) is 0 Å². The van der Waals surface area contributed by atoms with Crippen LogP contribution in [0, 0.1) is 24.1 Å². The Balaban J connectivity index is 2.94. The van der Waals surface area contributed by atoms with E-state index in [0.717, 1.165) is 5.56 Å². The molecule has 0 unspecified atom stereocenters. The van der Waals surface area contributed by atoms with E-state index < -0.39 is 0 Å². The first-order chi connectivity index (χ1) is 7.54.